The van der Waals surface area contributed by atoms with Gasteiger partial charge in [-0.1, -0.05) is 33.8 Å². The molecule has 0 heterocycles. The highest BCUT2D eigenvalue weighted by atomic mass is 16.5. The zero-order valence-corrected chi connectivity index (χ0v) is 29.2. The number of carboxylic acids is 2. The number of aliphatic hydroxyl groups is 1. The number of benzene rings is 1. The van der Waals surface area contributed by atoms with Gasteiger partial charge in [-0.25, -0.2) is 9.59 Å². The molecule has 13 heteroatoms. The Morgan fingerprint density at radius 2 is 1.53 bits per heavy atom. The maximum Gasteiger partial charge on any atom is 0.328 e. The zero-order chi connectivity index (χ0) is 36.3. The number of primary amides is 1. The van der Waals surface area contributed by atoms with Crippen LogP contribution in [0.5, 0.6) is 11.5 Å². The number of amides is 2. The Hall–Kier alpha value is -3.68. The maximum absolute atomic E-state index is 12.9. The summed E-state index contributed by atoms with van der Waals surface area (Å²) in [6.07, 6.45) is 2.68. The van der Waals surface area contributed by atoms with Crippen molar-refractivity contribution in [3.63, 3.8) is 0 Å². The number of carboxylic acid groups (broad SMARTS) is 2. The molecule has 0 aliphatic carbocycles. The van der Waals surface area contributed by atoms with Crippen LogP contribution in [-0.4, -0.2) is 85.2 Å². The van der Waals surface area contributed by atoms with Gasteiger partial charge in [0.25, 0.3) is 0 Å². The van der Waals surface area contributed by atoms with Crippen LogP contribution in [0, 0.1) is 29.1 Å². The number of nitrogens with two attached hydrogens (primary N) is 2. The number of aliphatic carboxylic acids is 2. The van der Waals surface area contributed by atoms with Crippen molar-refractivity contribution in [1.82, 2.24) is 5.32 Å². The van der Waals surface area contributed by atoms with Crippen LogP contribution in [0.2, 0.25) is 0 Å². The van der Waals surface area contributed by atoms with Crippen molar-refractivity contribution in [1.29, 1.82) is 0 Å². The number of carbonyl (C=O) groups excluding carboxylic acids is 2. The van der Waals surface area contributed by atoms with E-state index in [1.54, 1.807) is 28.1 Å². The van der Waals surface area contributed by atoms with Crippen molar-refractivity contribution < 1.29 is 48.7 Å². The predicted octanol–water partition coefficient (Wildman–Crippen LogP) is 3.01. The number of ether oxygens (including phenoxy) is 3. The Bertz CT molecular complexity index is 1140. The van der Waals surface area contributed by atoms with Crippen molar-refractivity contribution in [3.05, 3.63) is 35.9 Å². The monoisotopic (exact) mass is 667 g/mol. The zero-order valence-electron chi connectivity index (χ0n) is 29.2. The fourth-order valence-corrected chi connectivity index (χ4v) is 4.53. The summed E-state index contributed by atoms with van der Waals surface area (Å²) < 4.78 is 16.5. The second-order valence-corrected chi connectivity index (χ2v) is 12.9. The van der Waals surface area contributed by atoms with Crippen LogP contribution in [0.3, 0.4) is 0 Å². The van der Waals surface area contributed by atoms with E-state index in [-0.39, 0.29) is 30.7 Å². The Labute approximate surface area is 279 Å². The molecule has 47 heavy (non-hydrogen) atoms. The number of rotatable bonds is 21. The molecule has 1 aromatic rings. The second-order valence-electron chi connectivity index (χ2n) is 12.9. The van der Waals surface area contributed by atoms with Gasteiger partial charge in [-0.15, -0.1) is 0 Å². The summed E-state index contributed by atoms with van der Waals surface area (Å²) in [7, 11) is 3.29. The Morgan fingerprint density at radius 1 is 0.936 bits per heavy atom. The molecule has 0 fully saturated rings. The Kier molecular flexibility index (Phi) is 20.3. The van der Waals surface area contributed by atoms with Crippen molar-refractivity contribution in [3.8, 4) is 11.5 Å². The third-order valence-corrected chi connectivity index (χ3v) is 7.87. The highest BCUT2D eigenvalue weighted by molar-refractivity contribution is 5.89. The summed E-state index contributed by atoms with van der Waals surface area (Å²) in [5.41, 5.74) is 12.2. The summed E-state index contributed by atoms with van der Waals surface area (Å²) in [5, 5.41) is 29.5. The lowest BCUT2D eigenvalue weighted by Gasteiger charge is -2.30. The molecule has 0 aromatic heterocycles. The highest BCUT2D eigenvalue weighted by Crippen LogP contribution is 2.32. The Morgan fingerprint density at radius 3 is 2.00 bits per heavy atom. The first-order chi connectivity index (χ1) is 21.9. The summed E-state index contributed by atoms with van der Waals surface area (Å²) in [5.74, 6) is -1.72. The van der Waals surface area contributed by atoms with Gasteiger partial charge in [0.15, 0.2) is 11.5 Å². The van der Waals surface area contributed by atoms with Gasteiger partial charge in [0.2, 0.25) is 11.8 Å². The van der Waals surface area contributed by atoms with Crippen LogP contribution in [0.4, 0.5) is 0 Å². The van der Waals surface area contributed by atoms with Crippen LogP contribution in [0.25, 0.3) is 0 Å². The number of nitrogens with one attached hydrogen (secondary N) is 1. The first-order valence-corrected chi connectivity index (χ1v) is 15.8. The lowest BCUT2D eigenvalue weighted by molar-refractivity contribution is -0.134. The molecule has 0 saturated heterocycles. The third kappa shape index (κ3) is 17.7. The van der Waals surface area contributed by atoms with E-state index in [1.165, 1.54) is 0 Å². The van der Waals surface area contributed by atoms with Crippen LogP contribution < -0.4 is 26.3 Å². The van der Waals surface area contributed by atoms with Crippen molar-refractivity contribution in [2.45, 2.75) is 79.4 Å². The number of methoxy groups -OCH3 is 2. The van der Waals surface area contributed by atoms with Gasteiger partial charge in [0.05, 0.1) is 25.2 Å². The van der Waals surface area contributed by atoms with E-state index in [0.29, 0.717) is 49.2 Å². The molecule has 1 rings (SSSR count). The summed E-state index contributed by atoms with van der Waals surface area (Å²) in [6, 6.07) is 5.47. The Balaban J connectivity index is 0.00000233. The fourth-order valence-electron chi connectivity index (χ4n) is 4.53. The first kappa shape index (κ1) is 43.3. The van der Waals surface area contributed by atoms with Crippen LogP contribution in [-0.2, 0) is 30.3 Å². The largest absolute Gasteiger partial charge is 0.493 e. The van der Waals surface area contributed by atoms with Crippen LogP contribution >= 0.6 is 0 Å². The third-order valence-electron chi connectivity index (χ3n) is 7.87. The van der Waals surface area contributed by atoms with Gasteiger partial charge in [-0.2, -0.15) is 0 Å². The normalized spacial score (nSPS) is 14.1. The molecule has 268 valence electrons. The van der Waals surface area contributed by atoms with E-state index >= 15 is 0 Å². The summed E-state index contributed by atoms with van der Waals surface area (Å²) in [6.45, 7) is 12.9. The topological polar surface area (TPSA) is 221 Å². The standard InChI is InChI=1S/C30H53N3O6.C4H4O4/c1-19(2)22(14-21-10-11-26(38-8)27(15-21)39-13-9-12-37-7)16-24(31)25(34)17-23(20(3)4)28(35)33-18-30(5,6)29(32)36;5-3(6)1-2-4(7)8/h10-11,15,19-20,22-25,34H,9,12-14,16-18,31H2,1-8H3,(H2,32,36)(H,33,35);1-2H,(H,5,6)(H,7,8)/b;2-1+/t22-,23+,24+,25+;/m1./s1. The minimum atomic E-state index is -1.26. The molecule has 0 spiro atoms. The molecule has 2 amide bonds. The molecule has 0 unspecified atom stereocenters. The van der Waals surface area contributed by atoms with Gasteiger partial charge in [-0.05, 0) is 68.6 Å². The van der Waals surface area contributed by atoms with Crippen LogP contribution in [0.15, 0.2) is 30.4 Å². The molecule has 1 aromatic carbocycles. The van der Waals surface area contributed by atoms with Gasteiger partial charge < -0.3 is 46.3 Å². The van der Waals surface area contributed by atoms with E-state index in [2.05, 4.69) is 19.2 Å². The van der Waals surface area contributed by atoms with Crippen molar-refractivity contribution in [2.75, 3.05) is 34.0 Å². The molecule has 0 saturated carbocycles. The van der Waals surface area contributed by atoms with Gasteiger partial charge in [0, 0.05) is 50.8 Å². The first-order valence-electron chi connectivity index (χ1n) is 15.8. The number of hydrogen-bond donors (Lipinski definition) is 6. The molecule has 13 nitrogen and oxygen atoms in total. The van der Waals surface area contributed by atoms with Crippen molar-refractivity contribution in [2.24, 2.45) is 40.6 Å². The minimum Gasteiger partial charge on any atom is -0.493 e. The number of aliphatic hydroxyl groups excluding tert-OH is 1. The average molecular weight is 668 g/mol. The van der Waals surface area contributed by atoms with Gasteiger partial charge in [-0.3, -0.25) is 9.59 Å². The number of carbonyl (C=O) groups is 4. The molecule has 8 N–H and O–H groups in total. The van der Waals surface area contributed by atoms with Crippen molar-refractivity contribution >= 4 is 23.8 Å². The summed E-state index contributed by atoms with van der Waals surface area (Å²) in [4.78, 5) is 43.7. The predicted molar refractivity (Wildman–Crippen MR) is 179 cm³/mol. The quantitative estimate of drug-likeness (QED) is 0.0826. The van der Waals surface area contributed by atoms with Crippen LogP contribution in [0.1, 0.15) is 66.4 Å². The van der Waals surface area contributed by atoms with Gasteiger partial charge in [0.1, 0.15) is 0 Å². The average Bonchev–Trinajstić information content (AvgIpc) is 2.99. The molecular formula is C34H57N3O10. The molecule has 0 aliphatic rings. The van der Waals surface area contributed by atoms with E-state index in [0.717, 1.165) is 18.4 Å². The lowest BCUT2D eigenvalue weighted by atomic mass is 9.80. The fraction of sp³-hybridized carbons (Fsp3) is 0.647. The van der Waals surface area contributed by atoms with E-state index in [1.807, 2.05) is 32.0 Å². The molecule has 0 radical (unpaired) electrons. The molecule has 0 aliphatic heterocycles. The second kappa shape index (κ2) is 22.0. The minimum absolute atomic E-state index is 0.00829. The lowest BCUT2D eigenvalue weighted by Crippen LogP contribution is -2.46. The highest BCUT2D eigenvalue weighted by Gasteiger charge is 2.32. The SMILES string of the molecule is COCCCOc1cc(C[C@H](C[C@H](N)[C@@H](O)C[C@H](C(=O)NCC(C)(C)C(N)=O)C(C)C)C(C)C)ccc1OC.O=C(O)/C=C/C(=O)O. The van der Waals surface area contributed by atoms with E-state index in [4.69, 9.17) is 35.9 Å². The van der Waals surface area contributed by atoms with E-state index < -0.39 is 41.3 Å². The molecule has 0 bridgehead atoms. The smallest absolute Gasteiger partial charge is 0.328 e. The maximum atomic E-state index is 12.9. The molecule has 4 atom stereocenters. The van der Waals surface area contributed by atoms with E-state index in [9.17, 15) is 24.3 Å². The number of hydrogen-bond acceptors (Lipinski definition) is 9. The van der Waals surface area contributed by atoms with Gasteiger partial charge >= 0.3 is 11.9 Å². The molecular weight excluding hydrogens is 610 g/mol. The summed E-state index contributed by atoms with van der Waals surface area (Å²) >= 11 is 0.